The Kier molecular flexibility index (Phi) is 6.69. The first kappa shape index (κ1) is 18.9. The third-order valence-corrected chi connectivity index (χ3v) is 5.83. The minimum atomic E-state index is 0.146. The van der Waals surface area contributed by atoms with E-state index in [1.54, 1.807) is 6.33 Å². The number of anilines is 1. The summed E-state index contributed by atoms with van der Waals surface area (Å²) >= 11 is 0. The minimum Gasteiger partial charge on any atom is -0.356 e. The fraction of sp³-hybridized carbons (Fsp3) is 0.750. The molecular formula is C20H33N5O. The Labute approximate surface area is 157 Å². The number of amides is 2. The van der Waals surface area contributed by atoms with Crippen molar-refractivity contribution in [3.8, 4) is 0 Å². The number of hydrogen-bond donors (Lipinski definition) is 1. The molecular weight excluding hydrogens is 326 g/mol. The van der Waals surface area contributed by atoms with Crippen LogP contribution in [-0.4, -0.2) is 52.6 Å². The predicted octanol–water partition coefficient (Wildman–Crippen LogP) is 3.37. The summed E-state index contributed by atoms with van der Waals surface area (Å²) in [6, 6.07) is 2.91. The first-order valence-corrected chi connectivity index (χ1v) is 10.3. The van der Waals surface area contributed by atoms with Crippen LogP contribution >= 0.6 is 0 Å². The zero-order valence-electron chi connectivity index (χ0n) is 16.3. The van der Waals surface area contributed by atoms with Gasteiger partial charge in [0, 0.05) is 43.5 Å². The maximum atomic E-state index is 12.8. The highest BCUT2D eigenvalue weighted by atomic mass is 16.2. The monoisotopic (exact) mass is 359 g/mol. The standard InChI is InChI=1S/C20H33N5O/c1-3-16-14-19(22-15-21-16)24-12-9-17(10-13-24)23-20(26)25-11-7-5-6-8-18(25)4-2/h14-15,17-18H,3-13H2,1-2H3,(H,23,26). The molecule has 1 aromatic heterocycles. The molecule has 2 amide bonds. The third-order valence-electron chi connectivity index (χ3n) is 5.83. The number of rotatable bonds is 4. The van der Waals surface area contributed by atoms with Crippen molar-refractivity contribution in [1.29, 1.82) is 0 Å². The summed E-state index contributed by atoms with van der Waals surface area (Å²) in [5, 5.41) is 3.30. The van der Waals surface area contributed by atoms with Gasteiger partial charge >= 0.3 is 6.03 Å². The van der Waals surface area contributed by atoms with Crippen molar-refractivity contribution in [3.05, 3.63) is 18.1 Å². The van der Waals surface area contributed by atoms with Crippen molar-refractivity contribution in [1.82, 2.24) is 20.2 Å². The molecule has 26 heavy (non-hydrogen) atoms. The lowest BCUT2D eigenvalue weighted by atomic mass is 10.0. The molecule has 0 spiro atoms. The fourth-order valence-corrected chi connectivity index (χ4v) is 4.13. The highest BCUT2D eigenvalue weighted by Crippen LogP contribution is 2.21. The fourth-order valence-electron chi connectivity index (χ4n) is 4.13. The molecule has 2 aliphatic rings. The number of piperidine rings is 1. The van der Waals surface area contributed by atoms with E-state index in [4.69, 9.17) is 0 Å². The molecule has 0 saturated carbocycles. The van der Waals surface area contributed by atoms with Crippen LogP contribution < -0.4 is 10.2 Å². The molecule has 0 bridgehead atoms. The van der Waals surface area contributed by atoms with Crippen LogP contribution in [0.1, 0.15) is 64.5 Å². The zero-order valence-corrected chi connectivity index (χ0v) is 16.3. The van der Waals surface area contributed by atoms with Crippen LogP contribution in [0.25, 0.3) is 0 Å². The van der Waals surface area contributed by atoms with E-state index in [-0.39, 0.29) is 12.1 Å². The Bertz CT molecular complexity index is 585. The second-order valence-corrected chi connectivity index (χ2v) is 7.54. The number of carbonyl (C=O) groups is 1. The number of aromatic nitrogens is 2. The smallest absolute Gasteiger partial charge is 0.317 e. The zero-order chi connectivity index (χ0) is 18.4. The average molecular weight is 360 g/mol. The molecule has 2 saturated heterocycles. The van der Waals surface area contributed by atoms with Crippen molar-refractivity contribution in [2.45, 2.75) is 77.3 Å². The van der Waals surface area contributed by atoms with Gasteiger partial charge in [-0.25, -0.2) is 14.8 Å². The van der Waals surface area contributed by atoms with E-state index >= 15 is 0 Å². The second-order valence-electron chi connectivity index (χ2n) is 7.54. The quantitative estimate of drug-likeness (QED) is 0.895. The number of urea groups is 1. The first-order valence-electron chi connectivity index (χ1n) is 10.3. The molecule has 6 heteroatoms. The first-order chi connectivity index (χ1) is 12.7. The van der Waals surface area contributed by atoms with E-state index in [0.29, 0.717) is 6.04 Å². The van der Waals surface area contributed by atoms with Gasteiger partial charge in [0.1, 0.15) is 12.1 Å². The highest BCUT2D eigenvalue weighted by molar-refractivity contribution is 5.75. The summed E-state index contributed by atoms with van der Waals surface area (Å²) in [5.41, 5.74) is 1.08. The van der Waals surface area contributed by atoms with Gasteiger partial charge in [0.15, 0.2) is 0 Å². The van der Waals surface area contributed by atoms with E-state index in [2.05, 4.69) is 45.0 Å². The Morgan fingerprint density at radius 2 is 1.92 bits per heavy atom. The summed E-state index contributed by atoms with van der Waals surface area (Å²) in [7, 11) is 0. The molecule has 1 N–H and O–H groups in total. The number of nitrogens with zero attached hydrogens (tertiary/aromatic N) is 4. The number of carbonyl (C=O) groups excluding carboxylic acids is 1. The van der Waals surface area contributed by atoms with Gasteiger partial charge in [-0.1, -0.05) is 26.7 Å². The lowest BCUT2D eigenvalue weighted by Crippen LogP contribution is -2.52. The summed E-state index contributed by atoms with van der Waals surface area (Å²) in [6.07, 6.45) is 10.4. The molecule has 1 aromatic rings. The van der Waals surface area contributed by atoms with E-state index in [9.17, 15) is 4.79 Å². The molecule has 2 aliphatic heterocycles. The number of aryl methyl sites for hydroxylation is 1. The lowest BCUT2D eigenvalue weighted by Gasteiger charge is -2.36. The van der Waals surface area contributed by atoms with Gasteiger partial charge in [0.2, 0.25) is 0 Å². The summed E-state index contributed by atoms with van der Waals surface area (Å²) in [4.78, 5) is 25.9. The Hall–Kier alpha value is -1.85. The van der Waals surface area contributed by atoms with Gasteiger partial charge < -0.3 is 15.1 Å². The molecule has 6 nitrogen and oxygen atoms in total. The van der Waals surface area contributed by atoms with Gasteiger partial charge in [-0.2, -0.15) is 0 Å². The van der Waals surface area contributed by atoms with E-state index in [1.807, 2.05) is 0 Å². The maximum Gasteiger partial charge on any atom is 0.317 e. The normalized spacial score (nSPS) is 22.2. The van der Waals surface area contributed by atoms with Crippen LogP contribution in [0.4, 0.5) is 10.6 Å². The predicted molar refractivity (Wildman–Crippen MR) is 104 cm³/mol. The van der Waals surface area contributed by atoms with Crippen molar-refractivity contribution in [2.24, 2.45) is 0 Å². The minimum absolute atomic E-state index is 0.146. The molecule has 2 fully saturated rings. The number of likely N-dealkylation sites (tertiary alicyclic amines) is 1. The summed E-state index contributed by atoms with van der Waals surface area (Å²) in [6.45, 7) is 7.08. The van der Waals surface area contributed by atoms with Crippen LogP contribution in [0, 0.1) is 0 Å². The van der Waals surface area contributed by atoms with E-state index in [1.165, 1.54) is 12.8 Å². The largest absolute Gasteiger partial charge is 0.356 e. The molecule has 3 rings (SSSR count). The number of nitrogens with one attached hydrogen (secondary N) is 1. The molecule has 0 aromatic carbocycles. The molecule has 3 heterocycles. The third kappa shape index (κ3) is 4.65. The summed E-state index contributed by atoms with van der Waals surface area (Å²) in [5.74, 6) is 1.01. The SMILES string of the molecule is CCc1cc(N2CCC(NC(=O)N3CCCCCC3CC)CC2)ncn1. The van der Waals surface area contributed by atoms with Gasteiger partial charge in [-0.05, 0) is 38.5 Å². The Morgan fingerprint density at radius 1 is 1.12 bits per heavy atom. The van der Waals surface area contributed by atoms with Crippen molar-refractivity contribution >= 4 is 11.8 Å². The Balaban J connectivity index is 1.52. The van der Waals surface area contributed by atoms with Crippen molar-refractivity contribution in [3.63, 3.8) is 0 Å². The van der Waals surface area contributed by atoms with Gasteiger partial charge in [0.25, 0.3) is 0 Å². The van der Waals surface area contributed by atoms with Crippen LogP contribution in [-0.2, 0) is 6.42 Å². The molecule has 1 atom stereocenters. The topological polar surface area (TPSA) is 61.4 Å². The highest BCUT2D eigenvalue weighted by Gasteiger charge is 2.27. The summed E-state index contributed by atoms with van der Waals surface area (Å²) < 4.78 is 0. The van der Waals surface area contributed by atoms with Crippen molar-refractivity contribution in [2.75, 3.05) is 24.5 Å². The molecule has 1 unspecified atom stereocenters. The van der Waals surface area contributed by atoms with Crippen LogP contribution in [0.15, 0.2) is 12.4 Å². The molecule has 144 valence electrons. The van der Waals surface area contributed by atoms with Crippen LogP contribution in [0.2, 0.25) is 0 Å². The second kappa shape index (κ2) is 9.19. The van der Waals surface area contributed by atoms with E-state index < -0.39 is 0 Å². The molecule has 0 aliphatic carbocycles. The number of hydrogen-bond acceptors (Lipinski definition) is 4. The lowest BCUT2D eigenvalue weighted by molar-refractivity contribution is 0.168. The van der Waals surface area contributed by atoms with Gasteiger partial charge in [-0.3, -0.25) is 0 Å². The average Bonchev–Trinajstić information content (AvgIpc) is 2.94. The Morgan fingerprint density at radius 3 is 2.65 bits per heavy atom. The van der Waals surface area contributed by atoms with Crippen LogP contribution in [0.3, 0.4) is 0 Å². The molecule has 0 radical (unpaired) electrons. The maximum absolute atomic E-state index is 12.8. The van der Waals surface area contributed by atoms with Crippen LogP contribution in [0.5, 0.6) is 0 Å². The van der Waals surface area contributed by atoms with Gasteiger partial charge in [0.05, 0.1) is 0 Å². The van der Waals surface area contributed by atoms with E-state index in [0.717, 1.165) is 69.7 Å². The van der Waals surface area contributed by atoms with Gasteiger partial charge in [-0.15, -0.1) is 0 Å². The van der Waals surface area contributed by atoms with Crippen molar-refractivity contribution < 1.29 is 4.79 Å².